The standard InChI is InChI=1S/C17H21N5OS/c1-21-8-10-22(11-9-21)13-4-2-12(3-5-13)19-17-14(16(18)23)6-7-15(24)20-17/h2-7H,8-11H2,1H3,(H2,18,23)(H2,19,20,24). The molecule has 1 aliphatic rings. The van der Waals surface area contributed by atoms with Crippen LogP contribution in [0.25, 0.3) is 0 Å². The number of benzene rings is 1. The highest BCUT2D eigenvalue weighted by atomic mass is 32.1. The first kappa shape index (κ1) is 16.5. The molecule has 7 heteroatoms. The number of likely N-dealkylation sites (N-methyl/N-ethyl adjacent to an activating group) is 1. The van der Waals surface area contributed by atoms with Crippen LogP contribution in [0, 0.1) is 4.64 Å². The molecule has 2 aromatic rings. The zero-order valence-electron chi connectivity index (χ0n) is 13.6. The van der Waals surface area contributed by atoms with Crippen LogP contribution < -0.4 is 16.0 Å². The molecule has 4 N–H and O–H groups in total. The minimum absolute atomic E-state index is 0.381. The molecule has 6 nitrogen and oxygen atoms in total. The first-order valence-corrected chi connectivity index (χ1v) is 8.27. The van der Waals surface area contributed by atoms with Gasteiger partial charge in [0, 0.05) is 37.6 Å². The largest absolute Gasteiger partial charge is 0.369 e. The number of amides is 1. The highest BCUT2D eigenvalue weighted by molar-refractivity contribution is 7.71. The molecule has 3 rings (SSSR count). The summed E-state index contributed by atoms with van der Waals surface area (Å²) < 4.78 is 0.538. The van der Waals surface area contributed by atoms with Crippen LogP contribution in [0.3, 0.4) is 0 Å². The number of anilines is 3. The van der Waals surface area contributed by atoms with Crippen molar-refractivity contribution in [3.63, 3.8) is 0 Å². The minimum Gasteiger partial charge on any atom is -0.369 e. The summed E-state index contributed by atoms with van der Waals surface area (Å²) in [5.41, 5.74) is 7.86. The summed E-state index contributed by atoms with van der Waals surface area (Å²) in [5, 5.41) is 3.18. The number of nitrogens with two attached hydrogens (primary N) is 1. The van der Waals surface area contributed by atoms with Crippen LogP contribution in [0.4, 0.5) is 17.2 Å². The van der Waals surface area contributed by atoms with Gasteiger partial charge >= 0.3 is 0 Å². The second-order valence-corrected chi connectivity index (χ2v) is 6.38. The number of aromatic amines is 1. The third-order valence-corrected chi connectivity index (χ3v) is 4.43. The van der Waals surface area contributed by atoms with Gasteiger partial charge in [-0.3, -0.25) is 4.79 Å². The van der Waals surface area contributed by atoms with Gasteiger partial charge in [-0.1, -0.05) is 12.2 Å². The van der Waals surface area contributed by atoms with E-state index in [9.17, 15) is 4.79 Å². The number of hydrogen-bond acceptors (Lipinski definition) is 5. The van der Waals surface area contributed by atoms with E-state index < -0.39 is 5.91 Å². The molecule has 1 amide bonds. The highest BCUT2D eigenvalue weighted by Crippen LogP contribution is 2.23. The molecule has 1 fully saturated rings. The molecule has 24 heavy (non-hydrogen) atoms. The van der Waals surface area contributed by atoms with Crippen LogP contribution >= 0.6 is 12.2 Å². The third-order valence-electron chi connectivity index (χ3n) is 4.19. The molecular formula is C17H21N5OS. The smallest absolute Gasteiger partial charge is 0.252 e. The van der Waals surface area contributed by atoms with E-state index in [2.05, 4.69) is 39.3 Å². The lowest BCUT2D eigenvalue weighted by molar-refractivity contribution is 0.100. The maximum absolute atomic E-state index is 11.5. The molecule has 0 aliphatic carbocycles. The number of nitrogens with one attached hydrogen (secondary N) is 2. The van der Waals surface area contributed by atoms with Gasteiger partial charge in [-0.25, -0.2) is 0 Å². The summed E-state index contributed by atoms with van der Waals surface area (Å²) >= 11 is 5.12. The summed E-state index contributed by atoms with van der Waals surface area (Å²) in [6, 6.07) is 11.4. The molecule has 0 saturated carbocycles. The fourth-order valence-electron chi connectivity index (χ4n) is 2.74. The Morgan fingerprint density at radius 3 is 2.42 bits per heavy atom. The molecule has 126 valence electrons. The van der Waals surface area contributed by atoms with Crippen molar-refractivity contribution in [3.8, 4) is 0 Å². The van der Waals surface area contributed by atoms with Gasteiger partial charge in [-0.05, 0) is 43.4 Å². The average molecular weight is 343 g/mol. The summed E-state index contributed by atoms with van der Waals surface area (Å²) in [6.45, 7) is 4.20. The maximum Gasteiger partial charge on any atom is 0.252 e. The summed E-state index contributed by atoms with van der Waals surface area (Å²) in [7, 11) is 2.14. The van der Waals surface area contributed by atoms with Crippen molar-refractivity contribution in [2.75, 3.05) is 43.4 Å². The number of aromatic nitrogens is 1. The Labute approximate surface area is 146 Å². The van der Waals surface area contributed by atoms with E-state index in [1.54, 1.807) is 12.1 Å². The Bertz CT molecular complexity index is 778. The van der Waals surface area contributed by atoms with Crippen LogP contribution in [-0.4, -0.2) is 49.0 Å². The van der Waals surface area contributed by atoms with Gasteiger partial charge in [-0.2, -0.15) is 0 Å². The first-order valence-electron chi connectivity index (χ1n) is 7.86. The number of hydrogen-bond donors (Lipinski definition) is 3. The van der Waals surface area contributed by atoms with E-state index >= 15 is 0 Å². The molecule has 0 radical (unpaired) electrons. The van der Waals surface area contributed by atoms with Gasteiger partial charge in [0.15, 0.2) is 0 Å². The number of carbonyl (C=O) groups excluding carboxylic acids is 1. The molecule has 0 spiro atoms. The Morgan fingerprint density at radius 1 is 1.12 bits per heavy atom. The number of H-pyrrole nitrogens is 1. The zero-order valence-corrected chi connectivity index (χ0v) is 14.4. The Balaban J connectivity index is 1.76. The molecule has 1 aromatic carbocycles. The first-order chi connectivity index (χ1) is 11.5. The second kappa shape index (κ2) is 7.02. The Morgan fingerprint density at radius 2 is 1.79 bits per heavy atom. The predicted octanol–water partition coefficient (Wildman–Crippen LogP) is 2.34. The van der Waals surface area contributed by atoms with Gasteiger partial charge in [0.2, 0.25) is 0 Å². The fraction of sp³-hybridized carbons (Fsp3) is 0.294. The van der Waals surface area contributed by atoms with E-state index in [-0.39, 0.29) is 0 Å². The monoisotopic (exact) mass is 343 g/mol. The van der Waals surface area contributed by atoms with Gasteiger partial charge < -0.3 is 25.8 Å². The van der Waals surface area contributed by atoms with Gasteiger partial charge in [0.05, 0.1) is 5.56 Å². The number of primary amides is 1. The Hall–Kier alpha value is -2.38. The van der Waals surface area contributed by atoms with Crippen molar-refractivity contribution < 1.29 is 4.79 Å². The number of rotatable bonds is 4. The SMILES string of the molecule is CN1CCN(c2ccc(Nc3[nH]c(=S)ccc3C(N)=O)cc2)CC1. The van der Waals surface area contributed by atoms with Gasteiger partial charge in [-0.15, -0.1) is 0 Å². The maximum atomic E-state index is 11.5. The molecule has 1 aromatic heterocycles. The van der Waals surface area contributed by atoms with Crippen molar-refractivity contribution in [1.82, 2.24) is 9.88 Å². The molecule has 0 unspecified atom stereocenters. The van der Waals surface area contributed by atoms with Gasteiger partial charge in [0.25, 0.3) is 5.91 Å². The zero-order chi connectivity index (χ0) is 17.1. The quantitative estimate of drug-likeness (QED) is 0.743. The number of carbonyl (C=O) groups is 1. The van der Waals surface area contributed by atoms with E-state index in [0.29, 0.717) is 16.0 Å². The molecule has 2 heterocycles. The second-order valence-electron chi connectivity index (χ2n) is 5.94. The Kier molecular flexibility index (Phi) is 4.82. The van der Waals surface area contributed by atoms with E-state index in [4.69, 9.17) is 18.0 Å². The van der Waals surface area contributed by atoms with Crippen LogP contribution in [0.15, 0.2) is 36.4 Å². The van der Waals surface area contributed by atoms with Gasteiger partial charge in [0.1, 0.15) is 10.5 Å². The average Bonchev–Trinajstić information content (AvgIpc) is 2.56. The van der Waals surface area contributed by atoms with E-state index in [0.717, 1.165) is 31.9 Å². The van der Waals surface area contributed by atoms with Crippen LogP contribution in [-0.2, 0) is 0 Å². The van der Waals surface area contributed by atoms with Crippen molar-refractivity contribution in [3.05, 3.63) is 46.6 Å². The van der Waals surface area contributed by atoms with Crippen LogP contribution in [0.2, 0.25) is 0 Å². The summed E-state index contributed by atoms with van der Waals surface area (Å²) in [4.78, 5) is 19.2. The van der Waals surface area contributed by atoms with E-state index in [1.165, 1.54) is 5.69 Å². The molecule has 1 saturated heterocycles. The number of pyridine rings is 1. The fourth-order valence-corrected chi connectivity index (χ4v) is 2.91. The minimum atomic E-state index is -0.502. The van der Waals surface area contributed by atoms with Crippen molar-refractivity contribution >= 4 is 35.3 Å². The normalized spacial score (nSPS) is 15.3. The van der Waals surface area contributed by atoms with E-state index in [1.807, 2.05) is 12.1 Å². The molecule has 0 bridgehead atoms. The third kappa shape index (κ3) is 3.74. The number of piperazine rings is 1. The topological polar surface area (TPSA) is 77.4 Å². The van der Waals surface area contributed by atoms with Crippen molar-refractivity contribution in [1.29, 1.82) is 0 Å². The predicted molar refractivity (Wildman–Crippen MR) is 99.6 cm³/mol. The lowest BCUT2D eigenvalue weighted by Crippen LogP contribution is -2.44. The van der Waals surface area contributed by atoms with Crippen molar-refractivity contribution in [2.45, 2.75) is 0 Å². The summed E-state index contributed by atoms with van der Waals surface area (Å²) in [5.74, 6) is 0.0140. The lowest BCUT2D eigenvalue weighted by Gasteiger charge is -2.34. The number of nitrogens with zero attached hydrogens (tertiary/aromatic N) is 2. The molecular weight excluding hydrogens is 322 g/mol. The van der Waals surface area contributed by atoms with Crippen LogP contribution in [0.1, 0.15) is 10.4 Å². The highest BCUT2D eigenvalue weighted by Gasteiger charge is 2.14. The molecule has 0 atom stereocenters. The van der Waals surface area contributed by atoms with Crippen LogP contribution in [0.5, 0.6) is 0 Å². The lowest BCUT2D eigenvalue weighted by atomic mass is 10.2. The van der Waals surface area contributed by atoms with Crippen molar-refractivity contribution in [2.24, 2.45) is 5.73 Å². The summed E-state index contributed by atoms with van der Waals surface area (Å²) in [6.07, 6.45) is 0. The molecule has 1 aliphatic heterocycles.